The van der Waals surface area contributed by atoms with Gasteiger partial charge in [-0.2, -0.15) is 0 Å². The molecule has 1 aliphatic carbocycles. The normalized spacial score (nSPS) is 20.0. The Balaban J connectivity index is 1.55. The molecular weight excluding hydrogens is 303 g/mol. The van der Waals surface area contributed by atoms with Gasteiger partial charge in [0.1, 0.15) is 5.82 Å². The highest BCUT2D eigenvalue weighted by Crippen LogP contribution is 2.33. The van der Waals surface area contributed by atoms with Gasteiger partial charge >= 0.3 is 0 Å². The van der Waals surface area contributed by atoms with E-state index in [1.54, 1.807) is 6.07 Å². The number of nitrogens with zero attached hydrogens (tertiary/aromatic N) is 2. The van der Waals surface area contributed by atoms with Crippen LogP contribution < -0.4 is 0 Å². The van der Waals surface area contributed by atoms with Crippen molar-refractivity contribution in [2.75, 3.05) is 26.2 Å². The minimum Gasteiger partial charge on any atom is -0.341 e. The SMILES string of the molecule is O=C(CC1CC1)N1CCCN(Cc2cccc(F)c2Cl)CC1. The Hall–Kier alpha value is -1.13. The Morgan fingerprint density at radius 1 is 1.23 bits per heavy atom. The molecule has 0 aromatic heterocycles. The molecule has 0 atom stereocenters. The number of hydrogen-bond donors (Lipinski definition) is 0. The lowest BCUT2D eigenvalue weighted by Crippen LogP contribution is -2.35. The quantitative estimate of drug-likeness (QED) is 0.848. The summed E-state index contributed by atoms with van der Waals surface area (Å²) in [5.74, 6) is 0.571. The van der Waals surface area contributed by atoms with Gasteiger partial charge in [-0.25, -0.2) is 4.39 Å². The highest BCUT2D eigenvalue weighted by molar-refractivity contribution is 6.31. The summed E-state index contributed by atoms with van der Waals surface area (Å²) in [6.45, 7) is 3.97. The largest absolute Gasteiger partial charge is 0.341 e. The van der Waals surface area contributed by atoms with Crippen molar-refractivity contribution < 1.29 is 9.18 Å². The fourth-order valence-electron chi connectivity index (χ4n) is 2.99. The Morgan fingerprint density at radius 3 is 2.82 bits per heavy atom. The minimum absolute atomic E-state index is 0.216. The summed E-state index contributed by atoms with van der Waals surface area (Å²) >= 11 is 6.03. The van der Waals surface area contributed by atoms with Crippen LogP contribution in [0.1, 0.15) is 31.2 Å². The predicted molar refractivity (Wildman–Crippen MR) is 85.2 cm³/mol. The number of rotatable bonds is 4. The Morgan fingerprint density at radius 2 is 2.05 bits per heavy atom. The van der Waals surface area contributed by atoms with E-state index in [-0.39, 0.29) is 10.8 Å². The van der Waals surface area contributed by atoms with E-state index in [1.165, 1.54) is 18.9 Å². The molecule has 2 aliphatic rings. The summed E-state index contributed by atoms with van der Waals surface area (Å²) < 4.78 is 13.5. The van der Waals surface area contributed by atoms with Crippen LogP contribution in [0.3, 0.4) is 0 Å². The van der Waals surface area contributed by atoms with Crippen LogP contribution in [0.15, 0.2) is 18.2 Å². The maximum Gasteiger partial charge on any atom is 0.222 e. The van der Waals surface area contributed by atoms with Crippen LogP contribution in [0.25, 0.3) is 0 Å². The zero-order valence-corrected chi connectivity index (χ0v) is 13.5. The number of carbonyl (C=O) groups is 1. The van der Waals surface area contributed by atoms with Gasteiger partial charge in [-0.3, -0.25) is 9.69 Å². The van der Waals surface area contributed by atoms with Gasteiger partial charge < -0.3 is 4.90 Å². The fourth-order valence-corrected chi connectivity index (χ4v) is 3.17. The molecular formula is C17H22ClFN2O. The molecule has 1 aromatic carbocycles. The molecule has 1 aliphatic heterocycles. The standard InChI is InChI=1S/C17H22ClFN2O/c18-17-14(3-1-4-15(17)19)12-20-7-2-8-21(10-9-20)16(22)11-13-5-6-13/h1,3-4,13H,2,5-12H2. The minimum atomic E-state index is -0.366. The van der Waals surface area contributed by atoms with E-state index in [4.69, 9.17) is 11.6 Å². The van der Waals surface area contributed by atoms with Crippen molar-refractivity contribution in [3.8, 4) is 0 Å². The first-order chi connectivity index (χ1) is 10.6. The lowest BCUT2D eigenvalue weighted by atomic mass is 10.2. The summed E-state index contributed by atoms with van der Waals surface area (Å²) in [6, 6.07) is 4.94. The lowest BCUT2D eigenvalue weighted by Gasteiger charge is -2.22. The summed E-state index contributed by atoms with van der Waals surface area (Å²) in [6.07, 6.45) is 4.10. The van der Waals surface area contributed by atoms with Crippen molar-refractivity contribution in [1.29, 1.82) is 0 Å². The van der Waals surface area contributed by atoms with Gasteiger partial charge in [0.05, 0.1) is 5.02 Å². The van der Waals surface area contributed by atoms with Crippen LogP contribution in [-0.2, 0) is 11.3 Å². The molecule has 0 bridgehead atoms. The maximum absolute atomic E-state index is 13.5. The Bertz CT molecular complexity index is 547. The van der Waals surface area contributed by atoms with Crippen LogP contribution in [0.4, 0.5) is 4.39 Å². The third-order valence-corrected chi connectivity index (χ3v) is 4.95. The number of hydrogen-bond acceptors (Lipinski definition) is 2. The van der Waals surface area contributed by atoms with Gasteiger partial charge in [-0.1, -0.05) is 23.7 Å². The molecule has 1 saturated heterocycles. The highest BCUT2D eigenvalue weighted by atomic mass is 35.5. The second kappa shape index (κ2) is 6.97. The maximum atomic E-state index is 13.5. The van der Waals surface area contributed by atoms with Crippen molar-refractivity contribution in [1.82, 2.24) is 9.80 Å². The molecule has 0 spiro atoms. The van der Waals surface area contributed by atoms with E-state index in [0.717, 1.165) is 44.6 Å². The molecule has 1 aromatic rings. The molecule has 0 radical (unpaired) electrons. The number of benzene rings is 1. The van der Waals surface area contributed by atoms with E-state index in [1.807, 2.05) is 11.0 Å². The monoisotopic (exact) mass is 324 g/mol. The lowest BCUT2D eigenvalue weighted by molar-refractivity contribution is -0.131. The summed E-state index contributed by atoms with van der Waals surface area (Å²) in [4.78, 5) is 16.4. The van der Waals surface area contributed by atoms with E-state index < -0.39 is 0 Å². The van der Waals surface area contributed by atoms with Gasteiger partial charge in [-0.05, 0) is 36.8 Å². The predicted octanol–water partition coefficient (Wildman–Crippen LogP) is 3.31. The topological polar surface area (TPSA) is 23.6 Å². The van der Waals surface area contributed by atoms with Crippen LogP contribution in [-0.4, -0.2) is 41.9 Å². The smallest absolute Gasteiger partial charge is 0.222 e. The molecule has 1 saturated carbocycles. The van der Waals surface area contributed by atoms with Gasteiger partial charge in [-0.15, -0.1) is 0 Å². The molecule has 5 heteroatoms. The third kappa shape index (κ3) is 3.99. The van der Waals surface area contributed by atoms with Gasteiger partial charge in [0.25, 0.3) is 0 Å². The van der Waals surface area contributed by atoms with E-state index >= 15 is 0 Å². The number of carbonyl (C=O) groups excluding carboxylic acids is 1. The van der Waals surface area contributed by atoms with Crippen LogP contribution in [0, 0.1) is 11.7 Å². The van der Waals surface area contributed by atoms with Crippen molar-refractivity contribution in [3.63, 3.8) is 0 Å². The summed E-state index contributed by atoms with van der Waals surface area (Å²) in [5, 5.41) is 0.216. The summed E-state index contributed by atoms with van der Waals surface area (Å²) in [5.41, 5.74) is 0.819. The van der Waals surface area contributed by atoms with Gasteiger partial charge in [0, 0.05) is 39.1 Å². The van der Waals surface area contributed by atoms with Crippen LogP contribution in [0.2, 0.25) is 5.02 Å². The fraction of sp³-hybridized carbons (Fsp3) is 0.588. The first-order valence-corrected chi connectivity index (χ1v) is 8.44. The molecule has 0 N–H and O–H groups in total. The molecule has 3 nitrogen and oxygen atoms in total. The van der Waals surface area contributed by atoms with Crippen molar-refractivity contribution >= 4 is 17.5 Å². The average molecular weight is 325 g/mol. The molecule has 2 fully saturated rings. The first-order valence-electron chi connectivity index (χ1n) is 8.06. The Labute approximate surface area is 136 Å². The van der Waals surface area contributed by atoms with Crippen molar-refractivity contribution in [2.45, 2.75) is 32.2 Å². The second-order valence-corrected chi connectivity index (χ2v) is 6.75. The molecule has 0 unspecified atom stereocenters. The van der Waals surface area contributed by atoms with Crippen molar-refractivity contribution in [3.05, 3.63) is 34.6 Å². The zero-order valence-electron chi connectivity index (χ0n) is 12.7. The van der Waals surface area contributed by atoms with E-state index in [0.29, 0.717) is 18.4 Å². The zero-order chi connectivity index (χ0) is 15.5. The van der Waals surface area contributed by atoms with Crippen molar-refractivity contribution in [2.24, 2.45) is 5.92 Å². The molecule has 120 valence electrons. The third-order valence-electron chi connectivity index (χ3n) is 4.53. The average Bonchev–Trinajstić information content (AvgIpc) is 3.31. The van der Waals surface area contributed by atoms with Crippen LogP contribution in [0.5, 0.6) is 0 Å². The summed E-state index contributed by atoms with van der Waals surface area (Å²) in [7, 11) is 0. The van der Waals surface area contributed by atoms with Crippen LogP contribution >= 0.6 is 11.6 Å². The van der Waals surface area contributed by atoms with Gasteiger partial charge in [0.2, 0.25) is 5.91 Å². The number of halogens is 2. The second-order valence-electron chi connectivity index (χ2n) is 6.37. The molecule has 1 heterocycles. The molecule has 3 rings (SSSR count). The van der Waals surface area contributed by atoms with E-state index in [2.05, 4.69) is 4.90 Å². The molecule has 22 heavy (non-hydrogen) atoms. The van der Waals surface area contributed by atoms with E-state index in [9.17, 15) is 9.18 Å². The molecule has 1 amide bonds. The Kier molecular flexibility index (Phi) is 4.99. The number of amides is 1. The highest BCUT2D eigenvalue weighted by Gasteiger charge is 2.28. The van der Waals surface area contributed by atoms with Gasteiger partial charge in [0.15, 0.2) is 0 Å². The first kappa shape index (κ1) is 15.8.